The summed E-state index contributed by atoms with van der Waals surface area (Å²) in [5, 5.41) is 4.24. The number of thiophene rings is 1. The number of benzene rings is 2. The Hall–Kier alpha value is -2.33. The molecule has 1 atom stereocenters. The lowest BCUT2D eigenvalue weighted by Crippen LogP contribution is -2.33. The van der Waals surface area contributed by atoms with Gasteiger partial charge in [0.25, 0.3) is 5.91 Å². The molecule has 1 N–H and O–H groups in total. The van der Waals surface area contributed by atoms with Gasteiger partial charge in [0.15, 0.2) is 0 Å². The third-order valence-corrected chi connectivity index (χ3v) is 5.44. The van der Waals surface area contributed by atoms with Crippen molar-refractivity contribution < 1.29 is 9.53 Å². The summed E-state index contributed by atoms with van der Waals surface area (Å²) in [6.45, 7) is 2.83. The molecule has 122 valence electrons. The first-order valence-corrected chi connectivity index (χ1v) is 9.05. The molecule has 1 aromatic heterocycles. The summed E-state index contributed by atoms with van der Waals surface area (Å²) < 4.78 is 6.69. The van der Waals surface area contributed by atoms with Crippen molar-refractivity contribution in [2.45, 2.75) is 25.8 Å². The minimum Gasteiger partial charge on any atom is -0.493 e. The maximum atomic E-state index is 12.5. The number of rotatable bonds is 4. The second kappa shape index (κ2) is 6.29. The molecule has 0 unspecified atom stereocenters. The zero-order valence-electron chi connectivity index (χ0n) is 13.5. The van der Waals surface area contributed by atoms with Gasteiger partial charge in [0.1, 0.15) is 5.75 Å². The van der Waals surface area contributed by atoms with E-state index in [-0.39, 0.29) is 11.9 Å². The number of amides is 1. The lowest BCUT2D eigenvalue weighted by Gasteiger charge is -2.14. The van der Waals surface area contributed by atoms with Gasteiger partial charge in [0, 0.05) is 17.2 Å². The van der Waals surface area contributed by atoms with Crippen molar-refractivity contribution in [2.24, 2.45) is 0 Å². The van der Waals surface area contributed by atoms with E-state index in [9.17, 15) is 4.79 Å². The van der Waals surface area contributed by atoms with Crippen molar-refractivity contribution in [3.63, 3.8) is 0 Å². The molecule has 4 heteroatoms. The predicted octanol–water partition coefficient (Wildman–Crippen LogP) is 4.20. The predicted molar refractivity (Wildman–Crippen MR) is 98.1 cm³/mol. The van der Waals surface area contributed by atoms with Gasteiger partial charge >= 0.3 is 0 Å². The molecule has 24 heavy (non-hydrogen) atoms. The third kappa shape index (κ3) is 3.02. The van der Waals surface area contributed by atoms with Gasteiger partial charge in [-0.15, -0.1) is 11.3 Å². The normalized spacial score (nSPS) is 14.2. The van der Waals surface area contributed by atoms with Crippen LogP contribution >= 0.6 is 11.3 Å². The zero-order valence-corrected chi connectivity index (χ0v) is 14.4. The van der Waals surface area contributed by atoms with Crippen molar-refractivity contribution in [1.82, 2.24) is 5.32 Å². The standard InChI is InChI=1S/C20H19NO2S/c1-13(10-14-6-7-17-15(11-14)8-9-23-17)21-20(22)19-12-16-4-2-3-5-18(16)24-19/h2-7,11-13H,8-10H2,1H3,(H,21,22)/t13-/m0/s1. The first kappa shape index (κ1) is 15.2. The van der Waals surface area contributed by atoms with Crippen molar-refractivity contribution in [2.75, 3.05) is 6.61 Å². The van der Waals surface area contributed by atoms with E-state index in [1.807, 2.05) is 36.4 Å². The molecule has 3 nitrogen and oxygen atoms in total. The Morgan fingerprint density at radius 2 is 2.12 bits per heavy atom. The molecule has 0 fully saturated rings. The summed E-state index contributed by atoms with van der Waals surface area (Å²) >= 11 is 1.54. The first-order valence-electron chi connectivity index (χ1n) is 8.23. The highest BCUT2D eigenvalue weighted by molar-refractivity contribution is 7.20. The summed E-state index contributed by atoms with van der Waals surface area (Å²) in [7, 11) is 0. The van der Waals surface area contributed by atoms with Gasteiger partial charge in [-0.25, -0.2) is 0 Å². The first-order chi connectivity index (χ1) is 11.7. The fourth-order valence-corrected chi connectivity index (χ4v) is 4.13. The van der Waals surface area contributed by atoms with Crippen LogP contribution in [0.1, 0.15) is 27.7 Å². The Kier molecular flexibility index (Phi) is 3.98. The van der Waals surface area contributed by atoms with Crippen LogP contribution in [0, 0.1) is 0 Å². The Morgan fingerprint density at radius 3 is 3.00 bits per heavy atom. The van der Waals surface area contributed by atoms with Gasteiger partial charge in [-0.3, -0.25) is 4.79 Å². The zero-order chi connectivity index (χ0) is 16.5. The maximum absolute atomic E-state index is 12.5. The van der Waals surface area contributed by atoms with Crippen LogP contribution in [0.25, 0.3) is 10.1 Å². The molecule has 3 aromatic rings. The third-order valence-electron chi connectivity index (χ3n) is 4.32. The average molecular weight is 337 g/mol. The topological polar surface area (TPSA) is 38.3 Å². The smallest absolute Gasteiger partial charge is 0.261 e. The van der Waals surface area contributed by atoms with E-state index in [4.69, 9.17) is 4.74 Å². The van der Waals surface area contributed by atoms with E-state index in [2.05, 4.69) is 24.4 Å². The van der Waals surface area contributed by atoms with Crippen molar-refractivity contribution in [3.05, 3.63) is 64.5 Å². The van der Waals surface area contributed by atoms with Gasteiger partial charge in [-0.1, -0.05) is 30.3 Å². The second-order valence-corrected chi connectivity index (χ2v) is 7.35. The number of ether oxygens (including phenoxy) is 1. The summed E-state index contributed by atoms with van der Waals surface area (Å²) in [6.07, 6.45) is 1.80. The molecule has 0 spiro atoms. The molecule has 0 saturated heterocycles. The van der Waals surface area contributed by atoms with Crippen LogP contribution in [-0.2, 0) is 12.8 Å². The monoisotopic (exact) mass is 337 g/mol. The molecule has 1 aliphatic rings. The van der Waals surface area contributed by atoms with Gasteiger partial charge < -0.3 is 10.1 Å². The number of hydrogen-bond acceptors (Lipinski definition) is 3. The van der Waals surface area contributed by atoms with E-state index in [1.165, 1.54) is 11.1 Å². The SMILES string of the molecule is C[C@@H](Cc1ccc2c(c1)CCO2)NC(=O)c1cc2ccccc2s1. The highest BCUT2D eigenvalue weighted by Crippen LogP contribution is 2.27. The lowest BCUT2D eigenvalue weighted by atomic mass is 10.0. The van der Waals surface area contributed by atoms with Crippen molar-refractivity contribution >= 4 is 27.3 Å². The Balaban J connectivity index is 1.43. The Morgan fingerprint density at radius 1 is 1.25 bits per heavy atom. The molecular weight excluding hydrogens is 318 g/mol. The van der Waals surface area contributed by atoms with Gasteiger partial charge in [-0.2, -0.15) is 0 Å². The molecule has 2 heterocycles. The fraction of sp³-hybridized carbons (Fsp3) is 0.250. The Bertz CT molecular complexity index is 867. The molecule has 0 saturated carbocycles. The highest BCUT2D eigenvalue weighted by Gasteiger charge is 2.15. The minimum absolute atomic E-state index is 0.00759. The summed E-state index contributed by atoms with van der Waals surface area (Å²) in [5.74, 6) is 1.01. The molecule has 0 aliphatic carbocycles. The van der Waals surface area contributed by atoms with Crippen molar-refractivity contribution in [1.29, 1.82) is 0 Å². The lowest BCUT2D eigenvalue weighted by molar-refractivity contribution is 0.0944. The van der Waals surface area contributed by atoms with E-state index >= 15 is 0 Å². The van der Waals surface area contributed by atoms with Crippen LogP contribution in [0.4, 0.5) is 0 Å². The number of carbonyl (C=O) groups is 1. The quantitative estimate of drug-likeness (QED) is 0.775. The largest absolute Gasteiger partial charge is 0.493 e. The van der Waals surface area contributed by atoms with Gasteiger partial charge in [0.05, 0.1) is 11.5 Å². The molecule has 2 aromatic carbocycles. The molecule has 0 radical (unpaired) electrons. The molecule has 4 rings (SSSR count). The van der Waals surface area contributed by atoms with Crippen LogP contribution in [0.3, 0.4) is 0 Å². The summed E-state index contributed by atoms with van der Waals surface area (Å²) in [5.41, 5.74) is 2.51. The van der Waals surface area contributed by atoms with E-state index in [1.54, 1.807) is 11.3 Å². The number of nitrogens with one attached hydrogen (secondary N) is 1. The second-order valence-electron chi connectivity index (χ2n) is 6.27. The number of carbonyl (C=O) groups excluding carboxylic acids is 1. The number of fused-ring (bicyclic) bond motifs is 2. The van der Waals surface area contributed by atoms with Crippen LogP contribution < -0.4 is 10.1 Å². The molecule has 1 amide bonds. The average Bonchev–Trinajstić information content (AvgIpc) is 3.20. The summed E-state index contributed by atoms with van der Waals surface area (Å²) in [4.78, 5) is 13.3. The van der Waals surface area contributed by atoms with E-state index in [0.29, 0.717) is 0 Å². The van der Waals surface area contributed by atoms with Crippen LogP contribution in [0.5, 0.6) is 5.75 Å². The van der Waals surface area contributed by atoms with Crippen LogP contribution in [0.2, 0.25) is 0 Å². The Labute approximate surface area is 145 Å². The summed E-state index contributed by atoms with van der Waals surface area (Å²) in [6, 6.07) is 16.5. The van der Waals surface area contributed by atoms with Gasteiger partial charge in [-0.05, 0) is 48.1 Å². The van der Waals surface area contributed by atoms with E-state index in [0.717, 1.165) is 40.2 Å². The highest BCUT2D eigenvalue weighted by atomic mass is 32.1. The van der Waals surface area contributed by atoms with Gasteiger partial charge in [0.2, 0.25) is 0 Å². The fourth-order valence-electron chi connectivity index (χ4n) is 3.16. The molecule has 0 bridgehead atoms. The minimum atomic E-state index is 0.00759. The maximum Gasteiger partial charge on any atom is 0.261 e. The number of hydrogen-bond donors (Lipinski definition) is 1. The molecule has 1 aliphatic heterocycles. The van der Waals surface area contributed by atoms with Crippen molar-refractivity contribution in [3.8, 4) is 5.75 Å². The van der Waals surface area contributed by atoms with E-state index < -0.39 is 0 Å². The molecular formula is C20H19NO2S. The van der Waals surface area contributed by atoms with Crippen LogP contribution in [0.15, 0.2) is 48.5 Å². The van der Waals surface area contributed by atoms with Crippen LogP contribution in [-0.4, -0.2) is 18.6 Å².